The lowest BCUT2D eigenvalue weighted by molar-refractivity contribution is -0.144. The first-order chi connectivity index (χ1) is 12.8. The van der Waals surface area contributed by atoms with Crippen LogP contribution in [0.2, 0.25) is 0 Å². The van der Waals surface area contributed by atoms with Crippen molar-refractivity contribution in [3.8, 4) is 5.69 Å². The molecule has 3 aromatic rings. The summed E-state index contributed by atoms with van der Waals surface area (Å²) in [4.78, 5) is 4.30. The molecule has 0 bridgehead atoms. The van der Waals surface area contributed by atoms with Crippen molar-refractivity contribution in [2.24, 2.45) is 0 Å². The zero-order chi connectivity index (χ0) is 20.0. The molecule has 0 fully saturated rings. The average molecular weight is 394 g/mol. The molecule has 0 saturated heterocycles. The molecular formula is C19H21F3N4S. The van der Waals surface area contributed by atoms with E-state index in [1.807, 2.05) is 56.3 Å². The molecule has 0 aliphatic heterocycles. The molecule has 1 heterocycles. The number of aromatic nitrogens is 3. The Kier molecular flexibility index (Phi) is 6.90. The highest BCUT2D eigenvalue weighted by Crippen LogP contribution is 2.28. The molecule has 8 heteroatoms. The smallest absolute Gasteiger partial charge is 0.368 e. The van der Waals surface area contributed by atoms with Gasteiger partial charge < -0.3 is 5.73 Å². The summed E-state index contributed by atoms with van der Waals surface area (Å²) in [6.45, 7) is 3.94. The Labute approximate surface area is 161 Å². The maximum Gasteiger partial charge on any atom is 0.453 e. The van der Waals surface area contributed by atoms with Crippen LogP contribution in [0.25, 0.3) is 5.69 Å². The van der Waals surface area contributed by atoms with Crippen LogP contribution in [0.3, 0.4) is 0 Å². The van der Waals surface area contributed by atoms with Crippen molar-refractivity contribution in [2.45, 2.75) is 37.8 Å². The summed E-state index contributed by atoms with van der Waals surface area (Å²) < 4.78 is 38.9. The van der Waals surface area contributed by atoms with Crippen LogP contribution in [0.15, 0.2) is 53.4 Å². The third-order valence-corrected chi connectivity index (χ3v) is 4.10. The van der Waals surface area contributed by atoms with Gasteiger partial charge in [0, 0.05) is 4.90 Å². The number of nitrogen functional groups attached to an aromatic ring is 1. The van der Waals surface area contributed by atoms with Gasteiger partial charge in [-0.15, -0.1) is 17.7 Å². The number of hydrogen-bond donors (Lipinski definition) is 2. The third-order valence-electron chi connectivity index (χ3n) is 3.80. The molecule has 0 aliphatic rings. The van der Waals surface area contributed by atoms with Crippen molar-refractivity contribution in [3.05, 3.63) is 65.5 Å². The lowest BCUT2D eigenvalue weighted by Gasteiger charge is -2.10. The quantitative estimate of drug-likeness (QED) is 0.617. The first-order valence-electron chi connectivity index (χ1n) is 8.42. The maximum absolute atomic E-state index is 12.6. The Hall–Kier alpha value is -2.48. The van der Waals surface area contributed by atoms with Crippen molar-refractivity contribution in [1.29, 1.82) is 0 Å². The van der Waals surface area contributed by atoms with Gasteiger partial charge in [0.05, 0.1) is 5.69 Å². The third kappa shape index (κ3) is 5.50. The van der Waals surface area contributed by atoms with Gasteiger partial charge in [-0.3, -0.25) is 0 Å². The summed E-state index contributed by atoms with van der Waals surface area (Å²) in [6, 6.07) is 15.3. The number of hydrogen-bond acceptors (Lipinski definition) is 4. The molecule has 4 nitrogen and oxygen atoms in total. The minimum absolute atomic E-state index is 0.267. The Balaban J connectivity index is 0.000000313. The predicted molar refractivity (Wildman–Crippen MR) is 103 cm³/mol. The summed E-state index contributed by atoms with van der Waals surface area (Å²) in [5.74, 6) is -1.49. The van der Waals surface area contributed by atoms with E-state index in [4.69, 9.17) is 5.73 Å². The molecule has 0 spiro atoms. The minimum atomic E-state index is -4.60. The highest BCUT2D eigenvalue weighted by Gasteiger charge is 2.37. The Bertz CT molecular complexity index is 876. The van der Waals surface area contributed by atoms with Gasteiger partial charge in [-0.1, -0.05) is 44.2 Å². The van der Waals surface area contributed by atoms with E-state index in [-0.39, 0.29) is 5.95 Å². The molecule has 0 radical (unpaired) electrons. The molecule has 0 atom stereocenters. The normalized spacial score (nSPS) is 11.0. The minimum Gasteiger partial charge on any atom is -0.368 e. The molecule has 2 aromatic carbocycles. The number of aryl methyl sites for hydroxylation is 2. The molecule has 3 rings (SSSR count). The van der Waals surface area contributed by atoms with Gasteiger partial charge >= 0.3 is 6.18 Å². The Morgan fingerprint density at radius 3 is 2.15 bits per heavy atom. The number of halogens is 3. The summed E-state index contributed by atoms with van der Waals surface area (Å²) in [5, 5.41) is 3.47. The van der Waals surface area contributed by atoms with E-state index in [1.165, 1.54) is 0 Å². The van der Waals surface area contributed by atoms with Crippen molar-refractivity contribution in [2.75, 3.05) is 5.73 Å². The van der Waals surface area contributed by atoms with Gasteiger partial charge in [0.1, 0.15) is 0 Å². The molecular weight excluding hydrogens is 373 g/mol. The van der Waals surface area contributed by atoms with E-state index in [1.54, 1.807) is 6.07 Å². The number of nitrogens with two attached hydrogens (primary N) is 1. The van der Waals surface area contributed by atoms with Crippen LogP contribution < -0.4 is 5.73 Å². The van der Waals surface area contributed by atoms with Gasteiger partial charge in [0.15, 0.2) is 0 Å². The first kappa shape index (κ1) is 20.8. The van der Waals surface area contributed by atoms with E-state index in [0.717, 1.165) is 27.1 Å². The molecule has 0 saturated carbocycles. The van der Waals surface area contributed by atoms with Gasteiger partial charge in [-0.25, -0.2) is 0 Å². The number of nitrogens with zero attached hydrogens (tertiary/aromatic N) is 3. The van der Waals surface area contributed by atoms with Gasteiger partial charge in [-0.05, 0) is 42.2 Å². The first-order valence-corrected chi connectivity index (χ1v) is 8.86. The van der Waals surface area contributed by atoms with Crippen LogP contribution in [0, 0.1) is 0 Å². The zero-order valence-electron chi connectivity index (χ0n) is 15.0. The summed E-state index contributed by atoms with van der Waals surface area (Å²) in [6.07, 6.45) is -3.08. The number of rotatable bonds is 3. The Morgan fingerprint density at radius 2 is 1.70 bits per heavy atom. The summed E-state index contributed by atoms with van der Waals surface area (Å²) in [7, 11) is 0. The molecule has 0 amide bonds. The molecule has 0 unspecified atom stereocenters. The second-order valence-electron chi connectivity index (χ2n) is 5.71. The second-order valence-corrected chi connectivity index (χ2v) is 6.23. The summed E-state index contributed by atoms with van der Waals surface area (Å²) >= 11 is 4.08. The van der Waals surface area contributed by atoms with E-state index < -0.39 is 12.0 Å². The molecule has 0 aliphatic carbocycles. The number of alkyl halides is 3. The number of anilines is 1. The maximum atomic E-state index is 12.6. The van der Waals surface area contributed by atoms with Crippen LogP contribution in [0.5, 0.6) is 0 Å². The lowest BCUT2D eigenvalue weighted by atomic mass is 10.0. The standard InChI is InChI=1S/C13H15F3N4.C6H6S/c1-3-8-5-6-10(9(4-2)7-8)20-12(17)18-11(19-20)13(14,15)16;7-6-4-2-1-3-5-6/h5-7H,3-4H2,1-2H3,(H2,17,18,19);1-5,7H. The van der Waals surface area contributed by atoms with Crippen LogP contribution >= 0.6 is 12.6 Å². The Morgan fingerprint density at radius 1 is 1.04 bits per heavy atom. The number of thiol groups is 1. The topological polar surface area (TPSA) is 56.7 Å². The van der Waals surface area contributed by atoms with E-state index >= 15 is 0 Å². The molecule has 1 aromatic heterocycles. The highest BCUT2D eigenvalue weighted by molar-refractivity contribution is 7.80. The van der Waals surface area contributed by atoms with E-state index in [0.29, 0.717) is 12.1 Å². The molecule has 144 valence electrons. The van der Waals surface area contributed by atoms with E-state index in [9.17, 15) is 13.2 Å². The molecule has 27 heavy (non-hydrogen) atoms. The van der Waals surface area contributed by atoms with Gasteiger partial charge in [-0.2, -0.15) is 22.8 Å². The van der Waals surface area contributed by atoms with Crippen molar-refractivity contribution in [3.63, 3.8) is 0 Å². The fourth-order valence-corrected chi connectivity index (χ4v) is 2.57. The van der Waals surface area contributed by atoms with Crippen molar-refractivity contribution >= 4 is 18.6 Å². The number of benzene rings is 2. The fourth-order valence-electron chi connectivity index (χ4n) is 2.40. The lowest BCUT2D eigenvalue weighted by Crippen LogP contribution is -2.09. The summed E-state index contributed by atoms with van der Waals surface area (Å²) in [5.41, 5.74) is 8.08. The average Bonchev–Trinajstić information content (AvgIpc) is 3.04. The SMILES string of the molecule is CCc1ccc(-n2nc(C(F)(F)F)nc2N)c(CC)c1.Sc1ccccc1. The zero-order valence-corrected chi connectivity index (χ0v) is 15.9. The van der Waals surface area contributed by atoms with Gasteiger partial charge in [0.2, 0.25) is 5.95 Å². The van der Waals surface area contributed by atoms with E-state index in [2.05, 4.69) is 22.7 Å². The van der Waals surface area contributed by atoms with Crippen molar-refractivity contribution < 1.29 is 13.2 Å². The van der Waals surface area contributed by atoms with Crippen molar-refractivity contribution in [1.82, 2.24) is 14.8 Å². The monoisotopic (exact) mass is 394 g/mol. The van der Waals surface area contributed by atoms with Gasteiger partial charge in [0.25, 0.3) is 5.82 Å². The molecule has 2 N–H and O–H groups in total. The van der Waals surface area contributed by atoms with Crippen LogP contribution in [0.1, 0.15) is 30.8 Å². The predicted octanol–water partition coefficient (Wildman–Crippen LogP) is 4.97. The van der Waals surface area contributed by atoms with Crippen LogP contribution in [-0.4, -0.2) is 14.8 Å². The second kappa shape index (κ2) is 8.94. The highest BCUT2D eigenvalue weighted by atomic mass is 32.1. The van der Waals surface area contributed by atoms with Crippen LogP contribution in [-0.2, 0) is 19.0 Å². The van der Waals surface area contributed by atoms with Crippen LogP contribution in [0.4, 0.5) is 19.1 Å². The largest absolute Gasteiger partial charge is 0.453 e. The fraction of sp³-hybridized carbons (Fsp3) is 0.263.